The first-order valence-corrected chi connectivity index (χ1v) is 11.5. The minimum absolute atomic E-state index is 0.288. The molecule has 0 N–H and O–H groups in total. The molecule has 4 rings (SSSR count). The number of aryl methyl sites for hydroxylation is 1. The van der Waals surface area contributed by atoms with Crippen LogP contribution in [-0.4, -0.2) is 48.8 Å². The largest absolute Gasteiger partial charge is 0.484 e. The summed E-state index contributed by atoms with van der Waals surface area (Å²) in [4.78, 5) is 18.3. The molecule has 2 aromatic carbocycles. The molecular formula is C26H27F3N2O5. The number of nitrogens with zero attached hydrogens (tertiary/aromatic N) is 2. The van der Waals surface area contributed by atoms with Gasteiger partial charge in [0.25, 0.3) is 0 Å². The summed E-state index contributed by atoms with van der Waals surface area (Å²) in [5.74, 6) is 0.818. The number of benzene rings is 2. The first-order chi connectivity index (χ1) is 17.2. The molecule has 7 nitrogen and oxygen atoms in total. The minimum atomic E-state index is -4.39. The second-order valence-electron chi connectivity index (χ2n) is 8.53. The van der Waals surface area contributed by atoms with Gasteiger partial charge in [0.1, 0.15) is 29.3 Å². The molecule has 1 aromatic heterocycles. The zero-order valence-electron chi connectivity index (χ0n) is 20.0. The van der Waals surface area contributed by atoms with E-state index in [9.17, 15) is 18.0 Å². The van der Waals surface area contributed by atoms with Crippen molar-refractivity contribution in [1.29, 1.82) is 0 Å². The lowest BCUT2D eigenvalue weighted by atomic mass is 10.0. The number of carbonyl (C=O) groups is 1. The van der Waals surface area contributed by atoms with Crippen molar-refractivity contribution in [1.82, 2.24) is 9.88 Å². The molecule has 0 spiro atoms. The SMILES string of the molecule is COC(=O)[C@@H]1COCCN1Cc1ccc(OC(Cc2ccc(C(F)(F)F)cc2)c2ncoc2C)cc1. The predicted molar refractivity (Wildman–Crippen MR) is 123 cm³/mol. The number of carbonyl (C=O) groups excluding carboxylic acids is 1. The Morgan fingerprint density at radius 1 is 1.14 bits per heavy atom. The Morgan fingerprint density at radius 3 is 2.44 bits per heavy atom. The van der Waals surface area contributed by atoms with Crippen LogP contribution < -0.4 is 4.74 Å². The number of alkyl halides is 3. The van der Waals surface area contributed by atoms with Gasteiger partial charge in [-0.15, -0.1) is 0 Å². The van der Waals surface area contributed by atoms with Crippen molar-refractivity contribution in [2.24, 2.45) is 0 Å². The zero-order valence-corrected chi connectivity index (χ0v) is 20.0. The number of hydrogen-bond donors (Lipinski definition) is 0. The molecular weight excluding hydrogens is 477 g/mol. The van der Waals surface area contributed by atoms with Gasteiger partial charge in [0.2, 0.25) is 0 Å². The van der Waals surface area contributed by atoms with Gasteiger partial charge in [-0.1, -0.05) is 24.3 Å². The maximum absolute atomic E-state index is 12.9. The maximum Gasteiger partial charge on any atom is 0.416 e. The smallest absolute Gasteiger partial charge is 0.416 e. The second kappa shape index (κ2) is 11.1. The molecule has 0 radical (unpaired) electrons. The Kier molecular flexibility index (Phi) is 7.95. The van der Waals surface area contributed by atoms with Crippen LogP contribution in [0, 0.1) is 6.92 Å². The Bertz CT molecular complexity index is 1150. The van der Waals surface area contributed by atoms with Crippen LogP contribution in [0.5, 0.6) is 5.75 Å². The number of ether oxygens (including phenoxy) is 3. The topological polar surface area (TPSA) is 74.0 Å². The molecule has 3 aromatic rings. The molecule has 1 fully saturated rings. The molecule has 192 valence electrons. The quantitative estimate of drug-likeness (QED) is 0.411. The van der Waals surface area contributed by atoms with Gasteiger partial charge in [0.15, 0.2) is 6.39 Å². The summed E-state index contributed by atoms with van der Waals surface area (Å²) in [6, 6.07) is 12.0. The highest BCUT2D eigenvalue weighted by atomic mass is 19.4. The van der Waals surface area contributed by atoms with E-state index in [0.29, 0.717) is 48.9 Å². The van der Waals surface area contributed by atoms with Crippen molar-refractivity contribution in [2.75, 3.05) is 26.9 Å². The summed E-state index contributed by atoms with van der Waals surface area (Å²) in [5, 5.41) is 0. The van der Waals surface area contributed by atoms with Crippen LogP contribution >= 0.6 is 0 Å². The molecule has 0 saturated carbocycles. The lowest BCUT2D eigenvalue weighted by Gasteiger charge is -2.33. The molecule has 0 amide bonds. The normalized spacial score (nSPS) is 17.5. The lowest BCUT2D eigenvalue weighted by molar-refractivity contribution is -0.153. The van der Waals surface area contributed by atoms with E-state index < -0.39 is 23.9 Å². The molecule has 0 bridgehead atoms. The first kappa shape index (κ1) is 25.7. The van der Waals surface area contributed by atoms with Crippen LogP contribution in [-0.2, 0) is 33.4 Å². The van der Waals surface area contributed by atoms with Gasteiger partial charge < -0.3 is 18.6 Å². The summed E-state index contributed by atoms with van der Waals surface area (Å²) in [7, 11) is 1.36. The van der Waals surface area contributed by atoms with Crippen molar-refractivity contribution >= 4 is 5.97 Å². The highest BCUT2D eigenvalue weighted by Crippen LogP contribution is 2.31. The molecule has 1 aliphatic heterocycles. The fraction of sp³-hybridized carbons (Fsp3) is 0.385. The molecule has 1 saturated heterocycles. The third-order valence-corrected chi connectivity index (χ3v) is 6.09. The average Bonchev–Trinajstić information content (AvgIpc) is 3.30. The molecule has 10 heteroatoms. The third-order valence-electron chi connectivity index (χ3n) is 6.09. The minimum Gasteiger partial charge on any atom is -0.484 e. The van der Waals surface area contributed by atoms with Gasteiger partial charge in [0, 0.05) is 19.5 Å². The van der Waals surface area contributed by atoms with Crippen molar-refractivity contribution < 1.29 is 36.6 Å². The van der Waals surface area contributed by atoms with Gasteiger partial charge in [-0.3, -0.25) is 9.69 Å². The predicted octanol–water partition coefficient (Wildman–Crippen LogP) is 4.74. The zero-order chi connectivity index (χ0) is 25.7. The maximum atomic E-state index is 12.9. The van der Waals surface area contributed by atoms with Crippen LogP contribution in [0.25, 0.3) is 0 Å². The van der Waals surface area contributed by atoms with E-state index in [1.165, 1.54) is 25.6 Å². The second-order valence-corrected chi connectivity index (χ2v) is 8.53. The summed E-state index contributed by atoms with van der Waals surface area (Å²) in [6.45, 7) is 3.74. The van der Waals surface area contributed by atoms with E-state index in [4.69, 9.17) is 18.6 Å². The van der Waals surface area contributed by atoms with E-state index in [1.807, 2.05) is 29.2 Å². The molecule has 2 atom stereocenters. The lowest BCUT2D eigenvalue weighted by Crippen LogP contribution is -2.49. The number of oxazole rings is 1. The molecule has 1 unspecified atom stereocenters. The summed E-state index contributed by atoms with van der Waals surface area (Å²) < 4.78 is 60.6. The van der Waals surface area contributed by atoms with Gasteiger partial charge >= 0.3 is 12.1 Å². The Labute approximate surface area is 206 Å². The number of morpholine rings is 1. The van der Waals surface area contributed by atoms with E-state index in [1.54, 1.807) is 6.92 Å². The van der Waals surface area contributed by atoms with Gasteiger partial charge in [0.05, 0.1) is 25.9 Å². The molecule has 36 heavy (non-hydrogen) atoms. The number of esters is 1. The average molecular weight is 505 g/mol. The van der Waals surface area contributed by atoms with E-state index in [0.717, 1.165) is 17.7 Å². The number of rotatable bonds is 8. The molecule has 0 aliphatic carbocycles. The molecule has 2 heterocycles. The van der Waals surface area contributed by atoms with Gasteiger partial charge in [-0.25, -0.2) is 4.98 Å². The van der Waals surface area contributed by atoms with Crippen LogP contribution in [0.2, 0.25) is 0 Å². The van der Waals surface area contributed by atoms with Crippen molar-refractivity contribution in [3.05, 3.63) is 83.1 Å². The number of halogens is 3. The van der Waals surface area contributed by atoms with Gasteiger partial charge in [-0.2, -0.15) is 13.2 Å². The van der Waals surface area contributed by atoms with Crippen LogP contribution in [0.3, 0.4) is 0 Å². The van der Waals surface area contributed by atoms with E-state index in [2.05, 4.69) is 4.98 Å². The summed E-state index contributed by atoms with van der Waals surface area (Å²) >= 11 is 0. The first-order valence-electron chi connectivity index (χ1n) is 11.5. The highest BCUT2D eigenvalue weighted by molar-refractivity contribution is 5.75. The fourth-order valence-electron chi connectivity index (χ4n) is 4.11. The number of hydrogen-bond acceptors (Lipinski definition) is 7. The standard InChI is InChI=1S/C26H27F3N2O5/c1-17-24(30-16-35-17)23(13-18-3-7-20(8-4-18)26(27,28)29)36-21-9-5-19(6-10-21)14-31-11-12-34-15-22(31)25(32)33-2/h3-10,16,22-23H,11-15H2,1-2H3/t22-,23?/m0/s1. The Hall–Kier alpha value is -3.37. The summed E-state index contributed by atoms with van der Waals surface area (Å²) in [5.41, 5.74) is 1.53. The Balaban J connectivity index is 1.47. The number of aromatic nitrogens is 1. The highest BCUT2D eigenvalue weighted by Gasteiger charge is 2.31. The van der Waals surface area contributed by atoms with E-state index in [-0.39, 0.29) is 12.6 Å². The molecule has 1 aliphatic rings. The van der Waals surface area contributed by atoms with Crippen molar-refractivity contribution in [3.8, 4) is 5.75 Å². The van der Waals surface area contributed by atoms with Crippen molar-refractivity contribution in [2.45, 2.75) is 38.2 Å². The Morgan fingerprint density at radius 2 is 1.83 bits per heavy atom. The monoisotopic (exact) mass is 504 g/mol. The van der Waals surface area contributed by atoms with Crippen molar-refractivity contribution in [3.63, 3.8) is 0 Å². The van der Waals surface area contributed by atoms with Crippen LogP contribution in [0.15, 0.2) is 59.3 Å². The van der Waals surface area contributed by atoms with Crippen LogP contribution in [0.4, 0.5) is 13.2 Å². The summed E-state index contributed by atoms with van der Waals surface area (Å²) in [6.07, 6.45) is -3.33. The number of methoxy groups -OCH3 is 1. The fourth-order valence-corrected chi connectivity index (χ4v) is 4.11. The van der Waals surface area contributed by atoms with E-state index >= 15 is 0 Å². The third kappa shape index (κ3) is 6.24. The van der Waals surface area contributed by atoms with Gasteiger partial charge in [-0.05, 0) is 42.3 Å². The van der Waals surface area contributed by atoms with Crippen LogP contribution in [0.1, 0.15) is 34.2 Å².